The number of ether oxygens (including phenoxy) is 1. The van der Waals surface area contributed by atoms with Crippen molar-refractivity contribution in [3.8, 4) is 0 Å². The van der Waals surface area contributed by atoms with E-state index < -0.39 is 12.2 Å². The van der Waals surface area contributed by atoms with E-state index in [2.05, 4.69) is 9.57 Å². The van der Waals surface area contributed by atoms with Crippen LogP contribution in [0, 0.1) is 0 Å². The molecule has 0 unspecified atom stereocenters. The Morgan fingerprint density at radius 1 is 1.29 bits per heavy atom. The molecule has 0 atom stereocenters. The first-order valence-corrected chi connectivity index (χ1v) is 4.43. The first-order chi connectivity index (χ1) is 6.65. The zero-order chi connectivity index (χ0) is 10.6. The van der Waals surface area contributed by atoms with Crippen LogP contribution in [0.1, 0.15) is 12.8 Å². The topological polar surface area (TPSA) is 59.1 Å². The van der Waals surface area contributed by atoms with Crippen molar-refractivity contribution in [1.29, 1.82) is 0 Å². The van der Waals surface area contributed by atoms with Crippen molar-refractivity contribution >= 4 is 12.2 Å². The van der Waals surface area contributed by atoms with Gasteiger partial charge in [0.1, 0.15) is 0 Å². The van der Waals surface area contributed by atoms with Gasteiger partial charge in [-0.15, -0.1) is 0 Å². The minimum atomic E-state index is -0.801. The molecule has 0 radical (unpaired) electrons. The van der Waals surface area contributed by atoms with Gasteiger partial charge in [0.05, 0.1) is 7.11 Å². The summed E-state index contributed by atoms with van der Waals surface area (Å²) in [7, 11) is 2.70. The summed E-state index contributed by atoms with van der Waals surface area (Å²) in [6, 6.07) is 0. The van der Waals surface area contributed by atoms with Crippen LogP contribution in [0.15, 0.2) is 0 Å². The Morgan fingerprint density at radius 3 is 2.36 bits per heavy atom. The maximum absolute atomic E-state index is 11.3. The molecule has 0 aromatic heterocycles. The molecule has 0 aromatic carbocycles. The van der Waals surface area contributed by atoms with Crippen LogP contribution in [0.4, 0.5) is 9.59 Å². The molecule has 0 N–H and O–H groups in total. The third-order valence-electron chi connectivity index (χ3n) is 2.07. The van der Waals surface area contributed by atoms with Crippen molar-refractivity contribution in [2.45, 2.75) is 12.8 Å². The zero-order valence-electron chi connectivity index (χ0n) is 8.36. The summed E-state index contributed by atoms with van der Waals surface area (Å²) in [6.45, 7) is 1.31. The van der Waals surface area contributed by atoms with Crippen molar-refractivity contribution in [3.63, 3.8) is 0 Å². The van der Waals surface area contributed by atoms with Crippen LogP contribution in [0.2, 0.25) is 0 Å². The molecular weight excluding hydrogens is 188 g/mol. The number of nitrogens with zero attached hydrogens (tertiary/aromatic N) is 2. The highest BCUT2D eigenvalue weighted by Gasteiger charge is 2.23. The third-order valence-corrected chi connectivity index (χ3v) is 2.07. The van der Waals surface area contributed by atoms with Gasteiger partial charge in [0.25, 0.3) is 0 Å². The Bertz CT molecular complexity index is 225. The van der Waals surface area contributed by atoms with Crippen LogP contribution < -0.4 is 0 Å². The van der Waals surface area contributed by atoms with Crippen molar-refractivity contribution < 1.29 is 19.2 Å². The van der Waals surface area contributed by atoms with E-state index >= 15 is 0 Å². The van der Waals surface area contributed by atoms with Crippen LogP contribution in [-0.4, -0.2) is 49.4 Å². The van der Waals surface area contributed by atoms with Crippen LogP contribution in [-0.2, 0) is 9.57 Å². The van der Waals surface area contributed by atoms with E-state index in [1.54, 1.807) is 0 Å². The van der Waals surface area contributed by atoms with E-state index in [9.17, 15) is 9.59 Å². The van der Waals surface area contributed by atoms with Crippen LogP contribution in [0.3, 0.4) is 0 Å². The highest BCUT2D eigenvalue weighted by atomic mass is 16.7. The number of carbonyl (C=O) groups excluding carboxylic acids is 2. The van der Waals surface area contributed by atoms with Crippen LogP contribution >= 0.6 is 0 Å². The van der Waals surface area contributed by atoms with Gasteiger partial charge in [-0.2, -0.15) is 5.06 Å². The fourth-order valence-electron chi connectivity index (χ4n) is 1.18. The second-order valence-electron chi connectivity index (χ2n) is 3.01. The summed E-state index contributed by atoms with van der Waals surface area (Å²) in [4.78, 5) is 28.4. The molecule has 6 nitrogen and oxygen atoms in total. The van der Waals surface area contributed by atoms with E-state index in [1.807, 2.05) is 0 Å². The predicted octanol–water partition coefficient (Wildman–Crippen LogP) is 0.832. The summed E-state index contributed by atoms with van der Waals surface area (Å²) in [5.74, 6) is 0. The van der Waals surface area contributed by atoms with Gasteiger partial charge in [-0.05, 0) is 12.8 Å². The molecule has 1 fully saturated rings. The average Bonchev–Trinajstić information content (AvgIpc) is 2.69. The molecule has 1 rings (SSSR count). The quantitative estimate of drug-likeness (QED) is 0.467. The minimum absolute atomic E-state index is 0.601. The number of hydrogen-bond acceptors (Lipinski definition) is 4. The van der Waals surface area contributed by atoms with Crippen molar-refractivity contribution in [2.24, 2.45) is 0 Å². The van der Waals surface area contributed by atoms with Gasteiger partial charge < -0.3 is 9.64 Å². The number of likely N-dealkylation sites (tertiary alicyclic amines) is 1. The van der Waals surface area contributed by atoms with E-state index in [0.29, 0.717) is 13.1 Å². The monoisotopic (exact) mass is 202 g/mol. The highest BCUT2D eigenvalue weighted by molar-refractivity contribution is 5.83. The average molecular weight is 202 g/mol. The molecule has 1 aliphatic rings. The number of amides is 2. The Hall–Kier alpha value is -1.30. The molecule has 6 heteroatoms. The van der Waals surface area contributed by atoms with Crippen LogP contribution in [0.5, 0.6) is 0 Å². The van der Waals surface area contributed by atoms with Gasteiger partial charge >= 0.3 is 12.2 Å². The molecular formula is C8H14N2O4. The molecule has 1 saturated heterocycles. The number of carbonyl (C=O) groups is 2. The summed E-state index contributed by atoms with van der Waals surface area (Å²) in [5.41, 5.74) is 0. The van der Waals surface area contributed by atoms with Crippen LogP contribution in [0.25, 0.3) is 0 Å². The van der Waals surface area contributed by atoms with Gasteiger partial charge in [0, 0.05) is 20.1 Å². The fourth-order valence-corrected chi connectivity index (χ4v) is 1.18. The lowest BCUT2D eigenvalue weighted by Crippen LogP contribution is -2.35. The maximum Gasteiger partial charge on any atom is 0.442 e. The molecule has 2 amide bonds. The lowest BCUT2D eigenvalue weighted by Gasteiger charge is -2.17. The molecule has 0 spiro atoms. The molecule has 0 aliphatic carbocycles. The third kappa shape index (κ3) is 2.59. The highest BCUT2D eigenvalue weighted by Crippen LogP contribution is 2.09. The first kappa shape index (κ1) is 10.8. The second-order valence-corrected chi connectivity index (χ2v) is 3.01. The Labute approximate surface area is 82.3 Å². The van der Waals surface area contributed by atoms with Crippen molar-refractivity contribution in [1.82, 2.24) is 9.96 Å². The number of hydroxylamine groups is 2. The van der Waals surface area contributed by atoms with E-state index in [0.717, 1.165) is 17.9 Å². The first-order valence-electron chi connectivity index (χ1n) is 4.43. The smallest absolute Gasteiger partial charge is 0.358 e. The minimum Gasteiger partial charge on any atom is -0.358 e. The summed E-state index contributed by atoms with van der Waals surface area (Å²) < 4.78 is 4.54. The largest absolute Gasteiger partial charge is 0.442 e. The predicted molar refractivity (Wildman–Crippen MR) is 47.5 cm³/mol. The zero-order valence-corrected chi connectivity index (χ0v) is 8.36. The van der Waals surface area contributed by atoms with E-state index in [-0.39, 0.29) is 0 Å². The van der Waals surface area contributed by atoms with E-state index in [1.165, 1.54) is 19.1 Å². The van der Waals surface area contributed by atoms with Gasteiger partial charge in [-0.3, -0.25) is 4.84 Å². The van der Waals surface area contributed by atoms with Crippen molar-refractivity contribution in [2.75, 3.05) is 27.2 Å². The number of hydrogen-bond donors (Lipinski definition) is 0. The maximum atomic E-state index is 11.3. The fraction of sp³-hybridized carbons (Fsp3) is 0.750. The summed E-state index contributed by atoms with van der Waals surface area (Å²) >= 11 is 0. The Morgan fingerprint density at radius 2 is 1.86 bits per heavy atom. The van der Waals surface area contributed by atoms with E-state index in [4.69, 9.17) is 0 Å². The molecule has 80 valence electrons. The standard InChI is InChI=1S/C8H14N2O4/c1-9(13-2)7(11)14-8(12)10-5-3-4-6-10/h3-6H2,1-2H3. The van der Waals surface area contributed by atoms with Gasteiger partial charge in [-0.25, -0.2) is 9.59 Å². The lowest BCUT2D eigenvalue weighted by molar-refractivity contribution is -0.0843. The SMILES string of the molecule is CON(C)C(=O)OC(=O)N1CCCC1. The molecule has 0 saturated carbocycles. The molecule has 1 aliphatic heterocycles. The lowest BCUT2D eigenvalue weighted by atomic mass is 10.4. The molecule has 0 bridgehead atoms. The number of rotatable bonds is 1. The molecule has 14 heavy (non-hydrogen) atoms. The van der Waals surface area contributed by atoms with Gasteiger partial charge in [0.15, 0.2) is 0 Å². The summed E-state index contributed by atoms with van der Waals surface area (Å²) in [6.07, 6.45) is 0.521. The van der Waals surface area contributed by atoms with Crippen molar-refractivity contribution in [3.05, 3.63) is 0 Å². The Kier molecular flexibility index (Phi) is 3.70. The second kappa shape index (κ2) is 4.80. The normalized spacial score (nSPS) is 15.4. The summed E-state index contributed by atoms with van der Waals surface area (Å²) in [5, 5.41) is 0.855. The van der Waals surface area contributed by atoms with Gasteiger partial charge in [0.2, 0.25) is 0 Å². The molecule has 0 aromatic rings. The molecule has 1 heterocycles. The van der Waals surface area contributed by atoms with Gasteiger partial charge in [-0.1, -0.05) is 0 Å². The Balaban J connectivity index is 2.35.